The lowest BCUT2D eigenvalue weighted by Gasteiger charge is -2.43. The zero-order valence-electron chi connectivity index (χ0n) is 13.2. The highest BCUT2D eigenvalue weighted by atomic mass is 32.1. The van der Waals surface area contributed by atoms with Gasteiger partial charge in [0.25, 0.3) is 0 Å². The predicted molar refractivity (Wildman–Crippen MR) is 85.2 cm³/mol. The maximum Gasteiger partial charge on any atom is 0.248 e. The van der Waals surface area contributed by atoms with Crippen LogP contribution in [-0.4, -0.2) is 34.8 Å². The molecule has 2 rings (SSSR count). The largest absolute Gasteiger partial charge is 0.340 e. The standard InChI is InChI=1S/C16H24N2O2S/c1-11(2)9-13-14(19)17-16(3,4)15(20)18(13)7-5-12-6-8-21-10-12/h6,8,10-11,13H,5,7,9H2,1-4H3,(H,17,19). The van der Waals surface area contributed by atoms with Gasteiger partial charge in [-0.15, -0.1) is 0 Å². The second kappa shape index (κ2) is 6.18. The van der Waals surface area contributed by atoms with Gasteiger partial charge in [-0.25, -0.2) is 0 Å². The first-order valence-electron chi connectivity index (χ1n) is 7.45. The van der Waals surface area contributed by atoms with Crippen LogP contribution in [0.25, 0.3) is 0 Å². The number of carbonyl (C=O) groups is 2. The molecule has 1 atom stereocenters. The molecule has 0 saturated carbocycles. The zero-order valence-corrected chi connectivity index (χ0v) is 14.0. The van der Waals surface area contributed by atoms with Gasteiger partial charge in [-0.2, -0.15) is 11.3 Å². The molecule has 5 heteroatoms. The molecule has 0 spiro atoms. The second-order valence-corrected chi connectivity index (χ2v) is 7.42. The maximum atomic E-state index is 12.7. The third kappa shape index (κ3) is 3.64. The van der Waals surface area contributed by atoms with E-state index in [1.54, 1.807) is 30.1 Å². The van der Waals surface area contributed by atoms with E-state index in [0.29, 0.717) is 18.9 Å². The fourth-order valence-corrected chi connectivity index (χ4v) is 3.41. The Morgan fingerprint density at radius 3 is 2.67 bits per heavy atom. The second-order valence-electron chi connectivity index (χ2n) is 6.64. The topological polar surface area (TPSA) is 49.4 Å². The molecule has 4 nitrogen and oxygen atoms in total. The Balaban J connectivity index is 2.16. The number of piperazine rings is 1. The highest BCUT2D eigenvalue weighted by Crippen LogP contribution is 2.23. The molecular weight excluding hydrogens is 284 g/mol. The summed E-state index contributed by atoms with van der Waals surface area (Å²) in [5, 5.41) is 6.99. The van der Waals surface area contributed by atoms with Crippen molar-refractivity contribution in [2.24, 2.45) is 5.92 Å². The molecule has 1 fully saturated rings. The first kappa shape index (κ1) is 16.0. The van der Waals surface area contributed by atoms with Gasteiger partial charge in [0, 0.05) is 6.54 Å². The predicted octanol–water partition coefficient (Wildman–Crippen LogP) is 2.44. The van der Waals surface area contributed by atoms with E-state index in [1.165, 1.54) is 5.56 Å². The highest BCUT2D eigenvalue weighted by molar-refractivity contribution is 7.07. The lowest BCUT2D eigenvalue weighted by molar-refractivity contribution is -0.154. The molecule has 116 valence electrons. The van der Waals surface area contributed by atoms with Crippen molar-refractivity contribution in [1.29, 1.82) is 0 Å². The minimum Gasteiger partial charge on any atom is -0.340 e. The molecule has 0 radical (unpaired) electrons. The van der Waals surface area contributed by atoms with Crippen LogP contribution < -0.4 is 5.32 Å². The van der Waals surface area contributed by atoms with Crippen molar-refractivity contribution in [2.45, 2.75) is 52.1 Å². The number of thiophene rings is 1. The molecule has 1 unspecified atom stereocenters. The summed E-state index contributed by atoms with van der Waals surface area (Å²) < 4.78 is 0. The van der Waals surface area contributed by atoms with E-state index >= 15 is 0 Å². The molecule has 1 N–H and O–H groups in total. The summed E-state index contributed by atoms with van der Waals surface area (Å²) in [7, 11) is 0. The van der Waals surface area contributed by atoms with Crippen LogP contribution in [-0.2, 0) is 16.0 Å². The van der Waals surface area contributed by atoms with Crippen LogP contribution in [0.1, 0.15) is 39.7 Å². The van der Waals surface area contributed by atoms with Crippen LogP contribution in [0.4, 0.5) is 0 Å². The highest BCUT2D eigenvalue weighted by Gasteiger charge is 2.44. The number of amides is 2. The van der Waals surface area contributed by atoms with Gasteiger partial charge in [0.1, 0.15) is 11.6 Å². The van der Waals surface area contributed by atoms with Crippen molar-refractivity contribution in [3.8, 4) is 0 Å². The van der Waals surface area contributed by atoms with Crippen LogP contribution in [0.2, 0.25) is 0 Å². The normalized spacial score (nSPS) is 21.8. The van der Waals surface area contributed by atoms with Crippen LogP contribution in [0.5, 0.6) is 0 Å². The number of nitrogens with zero attached hydrogens (tertiary/aromatic N) is 1. The third-order valence-corrected chi connectivity index (χ3v) is 4.56. The molecule has 0 bridgehead atoms. The first-order valence-corrected chi connectivity index (χ1v) is 8.39. The molecule has 1 aromatic heterocycles. The SMILES string of the molecule is CC(C)CC1C(=O)NC(C)(C)C(=O)N1CCc1ccsc1. The Kier molecular flexibility index (Phi) is 4.71. The summed E-state index contributed by atoms with van der Waals surface area (Å²) >= 11 is 1.66. The average Bonchev–Trinajstić information content (AvgIpc) is 2.88. The molecule has 2 heterocycles. The van der Waals surface area contributed by atoms with E-state index < -0.39 is 5.54 Å². The van der Waals surface area contributed by atoms with Crippen molar-refractivity contribution in [1.82, 2.24) is 10.2 Å². The lowest BCUT2D eigenvalue weighted by atomic mass is 9.92. The summed E-state index contributed by atoms with van der Waals surface area (Å²) in [5.74, 6) is 0.361. The van der Waals surface area contributed by atoms with Crippen molar-refractivity contribution in [3.63, 3.8) is 0 Å². The van der Waals surface area contributed by atoms with Gasteiger partial charge in [0.15, 0.2) is 0 Å². The van der Waals surface area contributed by atoms with Crippen LogP contribution in [0, 0.1) is 5.92 Å². The zero-order chi connectivity index (χ0) is 15.6. The molecule has 1 aliphatic heterocycles. The summed E-state index contributed by atoms with van der Waals surface area (Å²) in [5.41, 5.74) is 0.416. The molecular formula is C16H24N2O2S. The molecule has 1 saturated heterocycles. The van der Waals surface area contributed by atoms with Crippen molar-refractivity contribution in [2.75, 3.05) is 6.54 Å². The number of carbonyl (C=O) groups excluding carboxylic acids is 2. The summed E-state index contributed by atoms with van der Waals surface area (Å²) in [6.45, 7) is 8.31. The minimum atomic E-state index is -0.806. The number of hydrogen-bond acceptors (Lipinski definition) is 3. The van der Waals surface area contributed by atoms with E-state index in [4.69, 9.17) is 0 Å². The lowest BCUT2D eigenvalue weighted by Crippen LogP contribution is -2.68. The Labute approximate surface area is 130 Å². The Morgan fingerprint density at radius 2 is 2.10 bits per heavy atom. The summed E-state index contributed by atoms with van der Waals surface area (Å²) in [6, 6.07) is 1.73. The number of hydrogen-bond donors (Lipinski definition) is 1. The molecule has 2 amide bonds. The Bertz CT molecular complexity index is 508. The molecule has 0 aromatic carbocycles. The number of rotatable bonds is 5. The smallest absolute Gasteiger partial charge is 0.248 e. The first-order chi connectivity index (χ1) is 9.81. The van der Waals surface area contributed by atoms with Gasteiger partial charge in [-0.05, 0) is 55.0 Å². The van der Waals surface area contributed by atoms with Gasteiger partial charge < -0.3 is 10.2 Å². The molecule has 0 aliphatic carbocycles. The Morgan fingerprint density at radius 1 is 1.38 bits per heavy atom. The van der Waals surface area contributed by atoms with Crippen molar-refractivity contribution >= 4 is 23.2 Å². The van der Waals surface area contributed by atoms with E-state index in [0.717, 1.165) is 6.42 Å². The Hall–Kier alpha value is -1.36. The van der Waals surface area contributed by atoms with Gasteiger partial charge in [-0.3, -0.25) is 9.59 Å². The average molecular weight is 308 g/mol. The van der Waals surface area contributed by atoms with E-state index in [2.05, 4.69) is 30.6 Å². The monoisotopic (exact) mass is 308 g/mol. The number of nitrogens with one attached hydrogen (secondary N) is 1. The van der Waals surface area contributed by atoms with Crippen molar-refractivity contribution < 1.29 is 9.59 Å². The van der Waals surface area contributed by atoms with Gasteiger partial charge >= 0.3 is 0 Å². The van der Waals surface area contributed by atoms with Gasteiger partial charge in [0.05, 0.1) is 0 Å². The van der Waals surface area contributed by atoms with E-state index in [9.17, 15) is 9.59 Å². The minimum absolute atomic E-state index is 0.0166. The van der Waals surface area contributed by atoms with Gasteiger partial charge in [-0.1, -0.05) is 13.8 Å². The quantitative estimate of drug-likeness (QED) is 0.908. The molecule has 1 aliphatic rings. The summed E-state index contributed by atoms with van der Waals surface area (Å²) in [6.07, 6.45) is 1.50. The fraction of sp³-hybridized carbons (Fsp3) is 0.625. The van der Waals surface area contributed by atoms with Crippen LogP contribution in [0.3, 0.4) is 0 Å². The van der Waals surface area contributed by atoms with Crippen LogP contribution in [0.15, 0.2) is 16.8 Å². The van der Waals surface area contributed by atoms with Gasteiger partial charge in [0.2, 0.25) is 11.8 Å². The van der Waals surface area contributed by atoms with Crippen LogP contribution >= 0.6 is 11.3 Å². The molecule has 21 heavy (non-hydrogen) atoms. The van der Waals surface area contributed by atoms with Crippen molar-refractivity contribution in [3.05, 3.63) is 22.4 Å². The maximum absolute atomic E-state index is 12.7. The molecule has 1 aromatic rings. The fourth-order valence-electron chi connectivity index (χ4n) is 2.71. The van der Waals surface area contributed by atoms with E-state index in [1.807, 2.05) is 5.38 Å². The summed E-state index contributed by atoms with van der Waals surface area (Å²) in [4.78, 5) is 26.8. The van der Waals surface area contributed by atoms with E-state index in [-0.39, 0.29) is 17.9 Å². The third-order valence-electron chi connectivity index (χ3n) is 3.83.